The predicted molar refractivity (Wildman–Crippen MR) is 91.0 cm³/mol. The number of nitrogens with zero attached hydrogens (tertiary/aromatic N) is 3. The molecule has 0 aliphatic heterocycles. The maximum absolute atomic E-state index is 12.3. The summed E-state index contributed by atoms with van der Waals surface area (Å²) in [6, 6.07) is 7.95. The maximum Gasteiger partial charge on any atom is 0.317 e. The molecule has 2 aromatic rings. The Labute approximate surface area is 137 Å². The summed E-state index contributed by atoms with van der Waals surface area (Å²) in [5.74, 6) is 0.618. The van der Waals surface area contributed by atoms with Crippen LogP contribution in [0.25, 0.3) is 11.0 Å². The molecule has 5 nitrogen and oxygen atoms in total. The van der Waals surface area contributed by atoms with E-state index in [2.05, 4.69) is 22.2 Å². The van der Waals surface area contributed by atoms with E-state index in [1.807, 2.05) is 24.3 Å². The molecule has 1 fully saturated rings. The van der Waals surface area contributed by atoms with Gasteiger partial charge in [-0.15, -0.1) is 0 Å². The van der Waals surface area contributed by atoms with Crippen LogP contribution < -0.4 is 5.32 Å². The van der Waals surface area contributed by atoms with Gasteiger partial charge in [0.25, 0.3) is 0 Å². The van der Waals surface area contributed by atoms with E-state index in [1.54, 1.807) is 18.1 Å². The maximum atomic E-state index is 12.3. The number of carbonyl (C=O) groups excluding carboxylic acids is 1. The Morgan fingerprint density at radius 2 is 2.00 bits per heavy atom. The van der Waals surface area contributed by atoms with E-state index in [-0.39, 0.29) is 12.1 Å². The number of carbonyl (C=O) groups is 1. The minimum Gasteiger partial charge on any atom is -0.335 e. The lowest BCUT2D eigenvalue weighted by Gasteiger charge is -2.24. The molecule has 0 saturated heterocycles. The number of para-hydroxylation sites is 2. The van der Waals surface area contributed by atoms with Gasteiger partial charge >= 0.3 is 6.03 Å². The number of aromatic nitrogens is 2. The van der Waals surface area contributed by atoms with E-state index in [1.165, 1.54) is 25.7 Å². The summed E-state index contributed by atoms with van der Waals surface area (Å²) in [7, 11) is 1.80. The number of nitrogens with one attached hydrogen (secondary N) is 1. The van der Waals surface area contributed by atoms with Crippen molar-refractivity contribution in [3.8, 4) is 0 Å². The highest BCUT2D eigenvalue weighted by atomic mass is 16.2. The molecular formula is C18H24N4O. The summed E-state index contributed by atoms with van der Waals surface area (Å²) in [4.78, 5) is 23.0. The third-order valence-electron chi connectivity index (χ3n) is 4.70. The van der Waals surface area contributed by atoms with Crippen molar-refractivity contribution in [1.82, 2.24) is 20.2 Å². The van der Waals surface area contributed by atoms with Crippen LogP contribution in [0.3, 0.4) is 0 Å². The fourth-order valence-corrected chi connectivity index (χ4v) is 3.27. The molecule has 1 aliphatic carbocycles. The highest BCUT2D eigenvalue weighted by Gasteiger charge is 2.23. The second kappa shape index (κ2) is 6.94. The van der Waals surface area contributed by atoms with E-state index in [4.69, 9.17) is 0 Å². The Morgan fingerprint density at radius 3 is 2.74 bits per heavy atom. The van der Waals surface area contributed by atoms with Crippen LogP contribution in [-0.2, 0) is 6.54 Å². The van der Waals surface area contributed by atoms with Crippen LogP contribution in [0, 0.1) is 5.92 Å². The summed E-state index contributed by atoms with van der Waals surface area (Å²) in [5, 5.41) is 3.12. The average molecular weight is 312 g/mol. The van der Waals surface area contributed by atoms with Crippen molar-refractivity contribution in [2.75, 3.05) is 7.05 Å². The number of benzene rings is 1. The van der Waals surface area contributed by atoms with Gasteiger partial charge in [-0.25, -0.2) is 9.78 Å². The molecule has 1 aromatic carbocycles. The van der Waals surface area contributed by atoms with Crippen molar-refractivity contribution in [3.05, 3.63) is 36.2 Å². The summed E-state index contributed by atoms with van der Waals surface area (Å²) in [5.41, 5.74) is 2.53. The number of fused-ring (bicyclic) bond motifs is 1. The zero-order valence-corrected chi connectivity index (χ0v) is 13.8. The van der Waals surface area contributed by atoms with Crippen molar-refractivity contribution >= 4 is 17.1 Å². The van der Waals surface area contributed by atoms with Crippen LogP contribution in [-0.4, -0.2) is 34.0 Å². The third kappa shape index (κ3) is 3.78. The molecule has 0 radical (unpaired) electrons. The molecule has 5 heteroatoms. The van der Waals surface area contributed by atoms with E-state index in [0.717, 1.165) is 16.7 Å². The number of amides is 2. The first-order chi connectivity index (χ1) is 11.1. The number of urea groups is 1. The van der Waals surface area contributed by atoms with Gasteiger partial charge in [0.15, 0.2) is 0 Å². The van der Waals surface area contributed by atoms with Crippen molar-refractivity contribution in [2.45, 2.75) is 45.2 Å². The summed E-state index contributed by atoms with van der Waals surface area (Å²) < 4.78 is 0. The fraction of sp³-hybridized carbons (Fsp3) is 0.500. The molecule has 1 aromatic heterocycles. The molecule has 23 heavy (non-hydrogen) atoms. The molecule has 2 amide bonds. The SMILES string of the molecule is CC(NC(=O)N(C)Cc1cnc2ccccc2n1)C1CCCC1. The summed E-state index contributed by atoms with van der Waals surface area (Å²) in [6.07, 6.45) is 6.76. The Hall–Kier alpha value is -2.17. The first-order valence-electron chi connectivity index (χ1n) is 8.36. The van der Waals surface area contributed by atoms with Crippen molar-refractivity contribution < 1.29 is 4.79 Å². The Balaban J connectivity index is 1.60. The molecular weight excluding hydrogens is 288 g/mol. The van der Waals surface area contributed by atoms with Crippen molar-refractivity contribution in [3.63, 3.8) is 0 Å². The van der Waals surface area contributed by atoms with Crippen LogP contribution in [0.2, 0.25) is 0 Å². The molecule has 0 spiro atoms. The van der Waals surface area contributed by atoms with Gasteiger partial charge in [-0.3, -0.25) is 4.98 Å². The average Bonchev–Trinajstić information content (AvgIpc) is 3.09. The molecule has 1 aliphatic rings. The zero-order chi connectivity index (χ0) is 16.2. The molecule has 0 bridgehead atoms. The molecule has 1 N–H and O–H groups in total. The lowest BCUT2D eigenvalue weighted by molar-refractivity contribution is 0.198. The van der Waals surface area contributed by atoms with E-state index in [9.17, 15) is 4.79 Å². The molecule has 122 valence electrons. The van der Waals surface area contributed by atoms with Crippen LogP contribution in [0.5, 0.6) is 0 Å². The van der Waals surface area contributed by atoms with Crippen LogP contribution >= 0.6 is 0 Å². The van der Waals surface area contributed by atoms with Gasteiger partial charge in [-0.1, -0.05) is 25.0 Å². The van der Waals surface area contributed by atoms with Gasteiger partial charge in [-0.2, -0.15) is 0 Å². The van der Waals surface area contributed by atoms with E-state index in [0.29, 0.717) is 12.5 Å². The zero-order valence-electron chi connectivity index (χ0n) is 13.8. The van der Waals surface area contributed by atoms with Gasteiger partial charge in [0.1, 0.15) is 0 Å². The van der Waals surface area contributed by atoms with Crippen LogP contribution in [0.4, 0.5) is 4.79 Å². The molecule has 1 saturated carbocycles. The van der Waals surface area contributed by atoms with Crippen LogP contribution in [0.1, 0.15) is 38.3 Å². The largest absolute Gasteiger partial charge is 0.335 e. The van der Waals surface area contributed by atoms with Gasteiger partial charge in [0, 0.05) is 13.1 Å². The van der Waals surface area contributed by atoms with Gasteiger partial charge in [0.2, 0.25) is 0 Å². The van der Waals surface area contributed by atoms with Crippen molar-refractivity contribution in [2.24, 2.45) is 5.92 Å². The number of rotatable bonds is 4. The van der Waals surface area contributed by atoms with Gasteiger partial charge < -0.3 is 10.2 Å². The topological polar surface area (TPSA) is 58.1 Å². The lowest BCUT2D eigenvalue weighted by Crippen LogP contribution is -2.44. The second-order valence-corrected chi connectivity index (χ2v) is 6.49. The second-order valence-electron chi connectivity index (χ2n) is 6.49. The lowest BCUT2D eigenvalue weighted by atomic mass is 10.0. The monoisotopic (exact) mass is 312 g/mol. The van der Waals surface area contributed by atoms with Crippen molar-refractivity contribution in [1.29, 1.82) is 0 Å². The molecule has 1 heterocycles. The summed E-state index contributed by atoms with van der Waals surface area (Å²) >= 11 is 0. The van der Waals surface area contributed by atoms with Gasteiger partial charge in [0.05, 0.1) is 29.5 Å². The smallest absolute Gasteiger partial charge is 0.317 e. The standard InChI is InChI=1S/C18H24N4O/c1-13(14-7-3-4-8-14)20-18(23)22(2)12-15-11-19-16-9-5-6-10-17(16)21-15/h5-6,9-11,13-14H,3-4,7-8,12H2,1-2H3,(H,20,23). The first-order valence-corrected chi connectivity index (χ1v) is 8.36. The van der Waals surface area contributed by atoms with E-state index >= 15 is 0 Å². The first kappa shape index (κ1) is 15.7. The molecule has 3 rings (SSSR count). The van der Waals surface area contributed by atoms with Gasteiger partial charge in [-0.05, 0) is 37.8 Å². The molecule has 1 unspecified atom stereocenters. The minimum atomic E-state index is -0.0423. The normalized spacial score (nSPS) is 16.4. The van der Waals surface area contributed by atoms with Crippen LogP contribution in [0.15, 0.2) is 30.5 Å². The minimum absolute atomic E-state index is 0.0423. The highest BCUT2D eigenvalue weighted by Crippen LogP contribution is 2.27. The number of hydrogen-bond donors (Lipinski definition) is 1. The Bertz CT molecular complexity index is 682. The molecule has 1 atom stereocenters. The van der Waals surface area contributed by atoms with E-state index < -0.39 is 0 Å². The fourth-order valence-electron chi connectivity index (χ4n) is 3.27. The predicted octanol–water partition coefficient (Wildman–Crippen LogP) is 3.35. The third-order valence-corrected chi connectivity index (χ3v) is 4.70. The number of hydrogen-bond acceptors (Lipinski definition) is 3. The highest BCUT2D eigenvalue weighted by molar-refractivity contribution is 5.75. The Kier molecular flexibility index (Phi) is 4.74. The quantitative estimate of drug-likeness (QED) is 0.942. The Morgan fingerprint density at radius 1 is 1.30 bits per heavy atom. The summed E-state index contributed by atoms with van der Waals surface area (Å²) in [6.45, 7) is 2.57.